The Bertz CT molecular complexity index is 1120. The number of hydrogen-bond acceptors (Lipinski definition) is 8. The Morgan fingerprint density at radius 2 is 1.36 bits per heavy atom. The topological polar surface area (TPSA) is 93.2 Å². The van der Waals surface area contributed by atoms with Crippen LogP contribution in [-0.2, 0) is 4.79 Å². The van der Waals surface area contributed by atoms with Crippen molar-refractivity contribution >= 4 is 29.4 Å². The van der Waals surface area contributed by atoms with Crippen molar-refractivity contribution in [2.75, 3.05) is 75.8 Å². The Morgan fingerprint density at radius 1 is 0.833 bits per heavy atom. The van der Waals surface area contributed by atoms with E-state index in [0.29, 0.717) is 50.1 Å². The Balaban J connectivity index is 1.11. The number of carbonyl (C=O) groups is 3. The Kier molecular flexibility index (Phi) is 6.86. The molecule has 1 aromatic carbocycles. The molecule has 2 saturated heterocycles. The molecular weight excluding hydrogens is 458 g/mol. The summed E-state index contributed by atoms with van der Waals surface area (Å²) >= 11 is 0. The van der Waals surface area contributed by atoms with Gasteiger partial charge in [0.1, 0.15) is 17.5 Å². The molecule has 10 nitrogen and oxygen atoms in total. The summed E-state index contributed by atoms with van der Waals surface area (Å²) in [5.74, 6) is 2.16. The molecule has 2 aromatic rings. The minimum absolute atomic E-state index is 0.0586. The van der Waals surface area contributed by atoms with Gasteiger partial charge in [-0.05, 0) is 32.5 Å². The van der Waals surface area contributed by atoms with Gasteiger partial charge in [0.2, 0.25) is 5.91 Å². The number of benzene rings is 1. The normalized spacial score (nSPS) is 18.7. The Hall–Kier alpha value is -3.53. The first-order chi connectivity index (χ1) is 17.4. The number of piperazine rings is 2. The molecule has 5 rings (SSSR count). The van der Waals surface area contributed by atoms with Crippen molar-refractivity contribution in [3.05, 3.63) is 47.3 Å². The Morgan fingerprint density at radius 3 is 1.92 bits per heavy atom. The van der Waals surface area contributed by atoms with Gasteiger partial charge >= 0.3 is 0 Å². The van der Waals surface area contributed by atoms with Crippen LogP contribution in [0.25, 0.3) is 0 Å². The third-order valence-electron chi connectivity index (χ3n) is 7.25. The van der Waals surface area contributed by atoms with Gasteiger partial charge in [-0.2, -0.15) is 0 Å². The molecule has 0 N–H and O–H groups in total. The van der Waals surface area contributed by atoms with Gasteiger partial charge in [-0.3, -0.25) is 19.3 Å². The molecule has 36 heavy (non-hydrogen) atoms. The molecule has 0 bridgehead atoms. The standard InChI is InChI=1S/C26H33N7O3/c1-19-27-22(30-12-10-29(2)11-13-30)18-23(28-19)31-14-16-32(17-15-31)24(34)8-5-9-33-25(35)20-6-3-4-7-21(20)26(33)36/h3-4,6-7,18H,5,8-17H2,1-2H3. The highest BCUT2D eigenvalue weighted by Crippen LogP contribution is 2.24. The van der Waals surface area contributed by atoms with E-state index >= 15 is 0 Å². The SMILES string of the molecule is Cc1nc(N2CCN(C)CC2)cc(N2CCN(C(=O)CCCN3C(=O)c4ccccc4C3=O)CC2)n1. The fourth-order valence-electron chi connectivity index (χ4n) is 5.07. The molecule has 0 radical (unpaired) electrons. The largest absolute Gasteiger partial charge is 0.354 e. The summed E-state index contributed by atoms with van der Waals surface area (Å²) in [6.07, 6.45) is 0.775. The summed E-state index contributed by atoms with van der Waals surface area (Å²) in [6, 6.07) is 8.93. The molecule has 3 aliphatic heterocycles. The lowest BCUT2D eigenvalue weighted by atomic mass is 10.1. The van der Waals surface area contributed by atoms with E-state index in [0.717, 1.165) is 43.6 Å². The van der Waals surface area contributed by atoms with Crippen molar-refractivity contribution in [1.29, 1.82) is 0 Å². The maximum Gasteiger partial charge on any atom is 0.261 e. The molecule has 0 atom stereocenters. The number of fused-ring (bicyclic) bond motifs is 1. The van der Waals surface area contributed by atoms with Crippen LogP contribution in [0.5, 0.6) is 0 Å². The zero-order chi connectivity index (χ0) is 25.2. The second-order valence-corrected chi connectivity index (χ2v) is 9.70. The number of aromatic nitrogens is 2. The van der Waals surface area contributed by atoms with Crippen LogP contribution in [0, 0.1) is 6.92 Å². The highest BCUT2D eigenvalue weighted by molar-refractivity contribution is 6.21. The zero-order valence-electron chi connectivity index (χ0n) is 21.0. The maximum absolute atomic E-state index is 12.8. The van der Waals surface area contributed by atoms with Crippen LogP contribution in [0.4, 0.5) is 11.6 Å². The molecule has 190 valence electrons. The van der Waals surface area contributed by atoms with E-state index in [9.17, 15) is 14.4 Å². The fourth-order valence-corrected chi connectivity index (χ4v) is 5.07. The van der Waals surface area contributed by atoms with E-state index in [1.165, 1.54) is 4.90 Å². The number of likely N-dealkylation sites (N-methyl/N-ethyl adjacent to an activating group) is 1. The van der Waals surface area contributed by atoms with Gasteiger partial charge in [-0.15, -0.1) is 0 Å². The molecule has 0 aliphatic carbocycles. The lowest BCUT2D eigenvalue weighted by Gasteiger charge is -2.37. The van der Waals surface area contributed by atoms with E-state index in [4.69, 9.17) is 0 Å². The zero-order valence-corrected chi connectivity index (χ0v) is 21.0. The van der Waals surface area contributed by atoms with E-state index in [1.807, 2.05) is 11.8 Å². The van der Waals surface area contributed by atoms with Gasteiger partial charge in [0, 0.05) is 71.4 Å². The van der Waals surface area contributed by atoms with Crippen molar-refractivity contribution in [1.82, 2.24) is 24.7 Å². The monoisotopic (exact) mass is 491 g/mol. The van der Waals surface area contributed by atoms with Gasteiger partial charge in [0.15, 0.2) is 0 Å². The number of rotatable bonds is 6. The lowest BCUT2D eigenvalue weighted by Crippen LogP contribution is -2.49. The molecular formula is C26H33N7O3. The summed E-state index contributed by atoms with van der Waals surface area (Å²) in [5, 5.41) is 0. The van der Waals surface area contributed by atoms with E-state index < -0.39 is 0 Å². The van der Waals surface area contributed by atoms with Crippen LogP contribution in [-0.4, -0.2) is 108 Å². The van der Waals surface area contributed by atoms with Gasteiger partial charge < -0.3 is 19.6 Å². The first kappa shape index (κ1) is 24.2. The molecule has 3 aliphatic rings. The third kappa shape index (κ3) is 4.90. The van der Waals surface area contributed by atoms with Gasteiger partial charge in [-0.1, -0.05) is 12.1 Å². The fraction of sp³-hybridized carbons (Fsp3) is 0.500. The quantitative estimate of drug-likeness (QED) is 0.558. The average molecular weight is 492 g/mol. The van der Waals surface area contributed by atoms with Crippen molar-refractivity contribution in [3.8, 4) is 0 Å². The molecule has 1 aromatic heterocycles. The van der Waals surface area contributed by atoms with Crippen LogP contribution in [0.15, 0.2) is 30.3 Å². The number of anilines is 2. The van der Waals surface area contributed by atoms with E-state index in [1.54, 1.807) is 24.3 Å². The first-order valence-corrected chi connectivity index (χ1v) is 12.7. The van der Waals surface area contributed by atoms with Crippen molar-refractivity contribution in [3.63, 3.8) is 0 Å². The second-order valence-electron chi connectivity index (χ2n) is 9.70. The number of carbonyl (C=O) groups excluding carboxylic acids is 3. The minimum Gasteiger partial charge on any atom is -0.354 e. The number of nitrogens with zero attached hydrogens (tertiary/aromatic N) is 7. The predicted molar refractivity (Wildman–Crippen MR) is 136 cm³/mol. The first-order valence-electron chi connectivity index (χ1n) is 12.7. The van der Waals surface area contributed by atoms with Crippen LogP contribution in [0.1, 0.15) is 39.4 Å². The molecule has 10 heteroatoms. The summed E-state index contributed by atoms with van der Waals surface area (Å²) in [7, 11) is 2.14. The molecule has 3 amide bonds. The molecule has 0 saturated carbocycles. The summed E-state index contributed by atoms with van der Waals surface area (Å²) in [5.41, 5.74) is 0.890. The summed E-state index contributed by atoms with van der Waals surface area (Å²) in [6.45, 7) is 8.80. The van der Waals surface area contributed by atoms with Crippen molar-refractivity contribution in [2.24, 2.45) is 0 Å². The number of aryl methyl sites for hydroxylation is 1. The predicted octanol–water partition coefficient (Wildman–Crippen LogP) is 1.26. The molecule has 0 unspecified atom stereocenters. The molecule has 2 fully saturated rings. The van der Waals surface area contributed by atoms with Crippen LogP contribution in [0.2, 0.25) is 0 Å². The number of imide groups is 1. The van der Waals surface area contributed by atoms with E-state index in [2.05, 4.69) is 37.8 Å². The average Bonchev–Trinajstić information content (AvgIpc) is 3.14. The van der Waals surface area contributed by atoms with Crippen LogP contribution < -0.4 is 9.80 Å². The Labute approximate surface area is 211 Å². The number of hydrogen-bond donors (Lipinski definition) is 0. The molecule has 4 heterocycles. The summed E-state index contributed by atoms with van der Waals surface area (Å²) < 4.78 is 0. The highest BCUT2D eigenvalue weighted by atomic mass is 16.2. The minimum atomic E-state index is -0.271. The van der Waals surface area contributed by atoms with Crippen molar-refractivity contribution in [2.45, 2.75) is 19.8 Å². The van der Waals surface area contributed by atoms with E-state index in [-0.39, 0.29) is 24.3 Å². The highest BCUT2D eigenvalue weighted by Gasteiger charge is 2.34. The lowest BCUT2D eigenvalue weighted by molar-refractivity contribution is -0.131. The maximum atomic E-state index is 12.8. The van der Waals surface area contributed by atoms with Crippen molar-refractivity contribution < 1.29 is 14.4 Å². The smallest absolute Gasteiger partial charge is 0.261 e. The molecule has 0 spiro atoms. The number of amides is 3. The van der Waals surface area contributed by atoms with Crippen LogP contribution >= 0.6 is 0 Å². The van der Waals surface area contributed by atoms with Gasteiger partial charge in [0.25, 0.3) is 11.8 Å². The summed E-state index contributed by atoms with van der Waals surface area (Å²) in [4.78, 5) is 57.1. The third-order valence-corrected chi connectivity index (χ3v) is 7.25. The van der Waals surface area contributed by atoms with Crippen LogP contribution in [0.3, 0.4) is 0 Å². The van der Waals surface area contributed by atoms with Gasteiger partial charge in [0.05, 0.1) is 11.1 Å². The second kappa shape index (κ2) is 10.2. The van der Waals surface area contributed by atoms with Gasteiger partial charge in [-0.25, -0.2) is 9.97 Å².